The molecule has 0 unspecified atom stereocenters. The van der Waals surface area contributed by atoms with E-state index in [0.717, 1.165) is 16.6 Å². The zero-order valence-corrected chi connectivity index (χ0v) is 14.2. The number of halogens is 1. The summed E-state index contributed by atoms with van der Waals surface area (Å²) in [7, 11) is 1.36. The first kappa shape index (κ1) is 16.8. The van der Waals surface area contributed by atoms with E-state index in [9.17, 15) is 9.59 Å². The maximum absolute atomic E-state index is 12.2. The molecule has 1 fully saturated rings. The minimum atomic E-state index is -0.413. The number of amides is 1. The van der Waals surface area contributed by atoms with Gasteiger partial charge in [-0.3, -0.25) is 4.79 Å². The van der Waals surface area contributed by atoms with Crippen molar-refractivity contribution in [2.24, 2.45) is 0 Å². The molecule has 120 valence electrons. The third kappa shape index (κ3) is 4.47. The first-order valence-electron chi connectivity index (χ1n) is 7.37. The number of nitrogens with zero attached hydrogens (tertiary/aromatic N) is 1. The van der Waals surface area contributed by atoms with Crippen LogP contribution >= 0.6 is 15.9 Å². The lowest BCUT2D eigenvalue weighted by molar-refractivity contribution is -0.151. The van der Waals surface area contributed by atoms with E-state index >= 15 is 0 Å². The van der Waals surface area contributed by atoms with Crippen LogP contribution in [0.4, 0.5) is 0 Å². The van der Waals surface area contributed by atoms with E-state index in [0.29, 0.717) is 32.4 Å². The van der Waals surface area contributed by atoms with Gasteiger partial charge in [0, 0.05) is 17.4 Å². The Hall–Kier alpha value is -1.56. The Morgan fingerprint density at radius 2 is 2.23 bits per heavy atom. The van der Waals surface area contributed by atoms with Gasteiger partial charge in [-0.1, -0.05) is 22.0 Å². The van der Waals surface area contributed by atoms with Crippen LogP contribution in [0.2, 0.25) is 0 Å². The summed E-state index contributed by atoms with van der Waals surface area (Å²) in [5, 5.41) is 0. The van der Waals surface area contributed by atoms with Crippen LogP contribution < -0.4 is 4.74 Å². The molecule has 1 aromatic carbocycles. The third-order valence-electron chi connectivity index (χ3n) is 3.65. The predicted molar refractivity (Wildman–Crippen MR) is 85.6 cm³/mol. The lowest BCUT2D eigenvalue weighted by Crippen LogP contribution is -2.41. The van der Waals surface area contributed by atoms with Crippen LogP contribution in [0.5, 0.6) is 5.75 Å². The molecule has 5 nitrogen and oxygen atoms in total. The Bertz CT molecular complexity index is 535. The molecule has 0 bridgehead atoms. The number of rotatable bonds is 6. The number of esters is 1. The summed E-state index contributed by atoms with van der Waals surface area (Å²) in [5.74, 6) is 0.442. The highest BCUT2D eigenvalue weighted by molar-refractivity contribution is 9.10. The Morgan fingerprint density at radius 3 is 2.95 bits per heavy atom. The number of ether oxygens (including phenoxy) is 2. The number of carbonyl (C=O) groups excluding carboxylic acids is 2. The van der Waals surface area contributed by atoms with Gasteiger partial charge in [-0.2, -0.15) is 0 Å². The number of likely N-dealkylation sites (tertiary alicyclic amines) is 1. The van der Waals surface area contributed by atoms with Gasteiger partial charge < -0.3 is 14.4 Å². The smallest absolute Gasteiger partial charge is 0.328 e. The fourth-order valence-electron chi connectivity index (χ4n) is 2.56. The summed E-state index contributed by atoms with van der Waals surface area (Å²) < 4.78 is 11.3. The van der Waals surface area contributed by atoms with E-state index < -0.39 is 6.04 Å². The lowest BCUT2D eigenvalue weighted by atomic mass is 10.2. The Labute approximate surface area is 138 Å². The van der Waals surface area contributed by atoms with Gasteiger partial charge in [0.1, 0.15) is 11.8 Å². The van der Waals surface area contributed by atoms with Gasteiger partial charge in [0.15, 0.2) is 0 Å². The van der Waals surface area contributed by atoms with Crippen molar-refractivity contribution in [3.8, 4) is 5.75 Å². The minimum absolute atomic E-state index is 0.00857. The van der Waals surface area contributed by atoms with Gasteiger partial charge in [0.2, 0.25) is 5.91 Å². The first-order valence-corrected chi connectivity index (χ1v) is 8.17. The standard InChI is InChI=1S/C16H20BrNO4/c1-21-16(20)14-7-3-9-18(14)15(19)8-4-10-22-13-6-2-5-12(17)11-13/h2,5-6,11,14H,3-4,7-10H2,1H3/t14-/m1/s1. The molecular formula is C16H20BrNO4. The van der Waals surface area contributed by atoms with Crippen LogP contribution in [0.3, 0.4) is 0 Å². The summed E-state index contributed by atoms with van der Waals surface area (Å²) in [4.78, 5) is 25.5. The molecule has 6 heteroatoms. The van der Waals surface area contributed by atoms with Gasteiger partial charge in [-0.15, -0.1) is 0 Å². The van der Waals surface area contributed by atoms with Crippen molar-refractivity contribution < 1.29 is 19.1 Å². The maximum atomic E-state index is 12.2. The van der Waals surface area contributed by atoms with Crippen molar-refractivity contribution in [3.05, 3.63) is 28.7 Å². The molecule has 22 heavy (non-hydrogen) atoms. The molecular weight excluding hydrogens is 350 g/mol. The second-order valence-corrected chi connectivity index (χ2v) is 6.09. The van der Waals surface area contributed by atoms with E-state index in [1.54, 1.807) is 4.90 Å². The zero-order chi connectivity index (χ0) is 15.9. The van der Waals surface area contributed by atoms with Crippen LogP contribution in [0.15, 0.2) is 28.7 Å². The lowest BCUT2D eigenvalue weighted by Gasteiger charge is -2.22. The highest BCUT2D eigenvalue weighted by Crippen LogP contribution is 2.20. The Balaban J connectivity index is 1.74. The second kappa shape index (κ2) is 8.17. The molecule has 0 aliphatic carbocycles. The maximum Gasteiger partial charge on any atom is 0.328 e. The summed E-state index contributed by atoms with van der Waals surface area (Å²) in [6, 6.07) is 7.17. The van der Waals surface area contributed by atoms with Crippen LogP contribution in [0, 0.1) is 0 Å². The number of carbonyl (C=O) groups is 2. The van der Waals surface area contributed by atoms with Crippen molar-refractivity contribution in [2.45, 2.75) is 31.7 Å². The predicted octanol–water partition coefficient (Wildman–Crippen LogP) is 2.77. The molecule has 0 N–H and O–H groups in total. The van der Waals surface area contributed by atoms with Crippen LogP contribution in [-0.2, 0) is 14.3 Å². The molecule has 1 saturated heterocycles. The molecule has 0 saturated carbocycles. The molecule has 1 amide bonds. The van der Waals surface area contributed by atoms with Crippen molar-refractivity contribution >= 4 is 27.8 Å². The SMILES string of the molecule is COC(=O)[C@H]1CCCN1C(=O)CCCOc1cccc(Br)c1. The van der Waals surface area contributed by atoms with E-state index in [2.05, 4.69) is 15.9 Å². The molecule has 1 aromatic rings. The minimum Gasteiger partial charge on any atom is -0.494 e. The first-order chi connectivity index (χ1) is 10.6. The van der Waals surface area contributed by atoms with Gasteiger partial charge in [-0.25, -0.2) is 4.79 Å². The Morgan fingerprint density at radius 1 is 1.41 bits per heavy atom. The number of methoxy groups -OCH3 is 1. The topological polar surface area (TPSA) is 55.8 Å². The molecule has 1 atom stereocenters. The van der Waals surface area contributed by atoms with E-state index in [4.69, 9.17) is 9.47 Å². The van der Waals surface area contributed by atoms with Crippen molar-refractivity contribution in [1.29, 1.82) is 0 Å². The number of hydrogen-bond acceptors (Lipinski definition) is 4. The fourth-order valence-corrected chi connectivity index (χ4v) is 2.94. The van der Waals surface area contributed by atoms with Crippen molar-refractivity contribution in [3.63, 3.8) is 0 Å². The largest absolute Gasteiger partial charge is 0.494 e. The second-order valence-electron chi connectivity index (χ2n) is 5.18. The van der Waals surface area contributed by atoms with Crippen molar-refractivity contribution in [1.82, 2.24) is 4.90 Å². The molecule has 2 rings (SSSR count). The van der Waals surface area contributed by atoms with E-state index in [1.807, 2.05) is 24.3 Å². The zero-order valence-electron chi connectivity index (χ0n) is 12.6. The van der Waals surface area contributed by atoms with Crippen LogP contribution in [0.1, 0.15) is 25.7 Å². The van der Waals surface area contributed by atoms with Gasteiger partial charge >= 0.3 is 5.97 Å². The average molecular weight is 370 g/mol. The quantitative estimate of drug-likeness (QED) is 0.571. The van der Waals surface area contributed by atoms with Gasteiger partial charge in [-0.05, 0) is 37.5 Å². The normalized spacial score (nSPS) is 17.4. The highest BCUT2D eigenvalue weighted by atomic mass is 79.9. The van der Waals surface area contributed by atoms with Crippen LogP contribution in [0.25, 0.3) is 0 Å². The van der Waals surface area contributed by atoms with Gasteiger partial charge in [0.05, 0.1) is 13.7 Å². The molecule has 1 aliphatic heterocycles. The third-order valence-corrected chi connectivity index (χ3v) is 4.14. The monoisotopic (exact) mass is 369 g/mol. The van der Waals surface area contributed by atoms with Crippen LogP contribution in [-0.4, -0.2) is 43.1 Å². The summed E-state index contributed by atoms with van der Waals surface area (Å²) in [6.07, 6.45) is 2.53. The number of hydrogen-bond donors (Lipinski definition) is 0. The highest BCUT2D eigenvalue weighted by Gasteiger charge is 2.34. The molecule has 0 aromatic heterocycles. The molecule has 0 spiro atoms. The molecule has 1 aliphatic rings. The van der Waals surface area contributed by atoms with E-state index in [1.165, 1.54) is 7.11 Å². The summed E-state index contributed by atoms with van der Waals surface area (Å²) >= 11 is 3.38. The summed E-state index contributed by atoms with van der Waals surface area (Å²) in [6.45, 7) is 1.10. The average Bonchev–Trinajstić information content (AvgIpc) is 3.00. The van der Waals surface area contributed by atoms with Crippen molar-refractivity contribution in [2.75, 3.05) is 20.3 Å². The molecule has 0 radical (unpaired) electrons. The summed E-state index contributed by atoms with van der Waals surface area (Å²) in [5.41, 5.74) is 0. The molecule has 1 heterocycles. The van der Waals surface area contributed by atoms with Gasteiger partial charge in [0.25, 0.3) is 0 Å². The fraction of sp³-hybridized carbons (Fsp3) is 0.500. The Kier molecular flexibility index (Phi) is 6.24. The van der Waals surface area contributed by atoms with E-state index in [-0.39, 0.29) is 11.9 Å². The number of benzene rings is 1.